The van der Waals surface area contributed by atoms with Crippen molar-refractivity contribution in [3.8, 4) is 11.1 Å². The highest BCUT2D eigenvalue weighted by Crippen LogP contribution is 2.36. The highest BCUT2D eigenvalue weighted by atomic mass is 16.5. The molecule has 0 fully saturated rings. The summed E-state index contributed by atoms with van der Waals surface area (Å²) in [6.45, 7) is 0.614. The summed E-state index contributed by atoms with van der Waals surface area (Å²) in [5.74, 6) is 0. The van der Waals surface area contributed by atoms with Gasteiger partial charge in [0, 0.05) is 18.8 Å². The summed E-state index contributed by atoms with van der Waals surface area (Å²) in [4.78, 5) is 8.71. The predicted octanol–water partition coefficient (Wildman–Crippen LogP) is 2.32. The number of aryl methyl sites for hydroxylation is 1. The van der Waals surface area contributed by atoms with Crippen LogP contribution < -0.4 is 5.73 Å². The number of pyridine rings is 1. The third-order valence-corrected chi connectivity index (χ3v) is 4.42. The van der Waals surface area contributed by atoms with E-state index in [4.69, 9.17) is 10.5 Å². The first-order valence-electron chi connectivity index (χ1n) is 7.24. The van der Waals surface area contributed by atoms with Crippen LogP contribution in [0.2, 0.25) is 0 Å². The normalized spacial score (nSPS) is 23.5. The second-order valence-corrected chi connectivity index (χ2v) is 5.87. The predicted molar refractivity (Wildman–Crippen MR) is 82.0 cm³/mol. The fraction of sp³-hybridized carbons (Fsp3) is 0.294. The van der Waals surface area contributed by atoms with E-state index in [1.165, 1.54) is 16.7 Å². The molecule has 1 atom stereocenters. The first kappa shape index (κ1) is 12.4. The van der Waals surface area contributed by atoms with Crippen LogP contribution >= 0.6 is 0 Å². The number of hydrogen-bond donors (Lipinski definition) is 1. The molecule has 0 radical (unpaired) electrons. The fourth-order valence-electron chi connectivity index (χ4n) is 3.28. The van der Waals surface area contributed by atoms with Crippen LogP contribution in [-0.4, -0.2) is 23.2 Å². The summed E-state index contributed by atoms with van der Waals surface area (Å²) < 4.78 is 5.37. The van der Waals surface area contributed by atoms with Gasteiger partial charge >= 0.3 is 0 Å². The quantitative estimate of drug-likeness (QED) is 0.871. The van der Waals surface area contributed by atoms with E-state index in [2.05, 4.69) is 34.2 Å². The third kappa shape index (κ3) is 2.17. The van der Waals surface area contributed by atoms with Crippen molar-refractivity contribution in [2.24, 2.45) is 10.7 Å². The molecule has 0 saturated carbocycles. The average Bonchev–Trinajstić information content (AvgIpc) is 2.88. The zero-order valence-corrected chi connectivity index (χ0v) is 11.7. The Balaban J connectivity index is 1.67. The molecule has 4 heteroatoms. The number of ether oxygens (including phenoxy) is 1. The van der Waals surface area contributed by atoms with Gasteiger partial charge in [0.05, 0.1) is 0 Å². The van der Waals surface area contributed by atoms with E-state index in [0.29, 0.717) is 12.6 Å². The minimum atomic E-state index is -0.132. The number of hydrogen-bond acceptors (Lipinski definition) is 4. The molecule has 1 aromatic heterocycles. The van der Waals surface area contributed by atoms with E-state index in [9.17, 15) is 0 Å². The molecule has 1 unspecified atom stereocenters. The van der Waals surface area contributed by atoms with Crippen molar-refractivity contribution < 1.29 is 4.74 Å². The van der Waals surface area contributed by atoms with Crippen LogP contribution in [0.5, 0.6) is 0 Å². The minimum absolute atomic E-state index is 0.132. The van der Waals surface area contributed by atoms with E-state index in [1.807, 2.05) is 12.3 Å². The fourth-order valence-corrected chi connectivity index (χ4v) is 3.28. The Morgan fingerprint density at radius 2 is 2.10 bits per heavy atom. The van der Waals surface area contributed by atoms with Crippen LogP contribution in [0.15, 0.2) is 47.7 Å². The molecule has 1 aliphatic heterocycles. The van der Waals surface area contributed by atoms with Gasteiger partial charge in [0.2, 0.25) is 0 Å². The average molecular weight is 279 g/mol. The van der Waals surface area contributed by atoms with Crippen LogP contribution in [0.4, 0.5) is 0 Å². The van der Waals surface area contributed by atoms with Crippen LogP contribution in [0.1, 0.15) is 17.5 Å². The van der Waals surface area contributed by atoms with Gasteiger partial charge in [-0.1, -0.05) is 24.3 Å². The van der Waals surface area contributed by atoms with E-state index in [1.54, 1.807) is 6.20 Å². The molecule has 2 aromatic rings. The van der Waals surface area contributed by atoms with Gasteiger partial charge in [0.15, 0.2) is 0 Å². The van der Waals surface area contributed by atoms with Crippen molar-refractivity contribution >= 4 is 6.02 Å². The monoisotopic (exact) mass is 279 g/mol. The smallest absolute Gasteiger partial charge is 0.282 e. The minimum Gasteiger partial charge on any atom is -0.463 e. The number of aliphatic imine (C=N–C) groups is 1. The summed E-state index contributed by atoms with van der Waals surface area (Å²) in [5, 5.41) is 0. The topological polar surface area (TPSA) is 60.5 Å². The standard InChI is InChI=1S/C17H17N3O/c18-16-20-17(11-21-16)6-5-13-8-12(3-4-14(13)9-17)15-2-1-7-19-10-15/h1-4,7-8,10H,5-6,9,11H2,(H2,18,20). The van der Waals surface area contributed by atoms with Crippen LogP contribution in [0, 0.1) is 0 Å². The molecule has 2 heterocycles. The Bertz CT molecular complexity index is 711. The molecule has 0 bridgehead atoms. The first-order valence-corrected chi connectivity index (χ1v) is 7.24. The number of nitrogens with two attached hydrogens (primary N) is 1. The molecule has 2 aliphatic rings. The van der Waals surface area contributed by atoms with Crippen LogP contribution in [-0.2, 0) is 17.6 Å². The van der Waals surface area contributed by atoms with Crippen molar-refractivity contribution in [2.45, 2.75) is 24.8 Å². The highest BCUT2D eigenvalue weighted by molar-refractivity contribution is 5.74. The number of amidine groups is 1. The molecule has 4 nitrogen and oxygen atoms in total. The summed E-state index contributed by atoms with van der Waals surface area (Å²) in [6.07, 6.45) is 6.63. The molecule has 0 saturated heterocycles. The van der Waals surface area contributed by atoms with Gasteiger partial charge < -0.3 is 10.5 Å². The molecule has 4 rings (SSSR count). The Morgan fingerprint density at radius 1 is 1.14 bits per heavy atom. The molecule has 1 aromatic carbocycles. The molecule has 2 N–H and O–H groups in total. The summed E-state index contributed by atoms with van der Waals surface area (Å²) in [6, 6.07) is 11.1. The van der Waals surface area contributed by atoms with Gasteiger partial charge in [-0.2, -0.15) is 0 Å². The van der Waals surface area contributed by atoms with Crippen molar-refractivity contribution in [1.29, 1.82) is 0 Å². The number of rotatable bonds is 1. The number of fused-ring (bicyclic) bond motifs is 1. The van der Waals surface area contributed by atoms with Crippen molar-refractivity contribution in [1.82, 2.24) is 4.98 Å². The number of nitrogens with zero attached hydrogens (tertiary/aromatic N) is 2. The Morgan fingerprint density at radius 3 is 2.86 bits per heavy atom. The van der Waals surface area contributed by atoms with Crippen molar-refractivity contribution in [2.75, 3.05) is 6.61 Å². The maximum atomic E-state index is 5.68. The lowest BCUT2D eigenvalue weighted by Crippen LogP contribution is -2.35. The molecule has 1 aliphatic carbocycles. The third-order valence-electron chi connectivity index (χ3n) is 4.42. The van der Waals surface area contributed by atoms with E-state index in [0.717, 1.165) is 24.8 Å². The number of aromatic nitrogens is 1. The maximum absolute atomic E-state index is 5.68. The summed E-state index contributed by atoms with van der Waals surface area (Å²) >= 11 is 0. The van der Waals surface area contributed by atoms with Crippen molar-refractivity contribution in [3.05, 3.63) is 53.9 Å². The lowest BCUT2D eigenvalue weighted by molar-refractivity contribution is 0.235. The van der Waals surface area contributed by atoms with Crippen molar-refractivity contribution in [3.63, 3.8) is 0 Å². The zero-order valence-electron chi connectivity index (χ0n) is 11.7. The molecular weight excluding hydrogens is 262 g/mol. The molecule has 1 spiro atoms. The van der Waals surface area contributed by atoms with Gasteiger partial charge in [-0.25, -0.2) is 4.99 Å². The first-order chi connectivity index (χ1) is 10.2. The lowest BCUT2D eigenvalue weighted by atomic mass is 9.78. The van der Waals surface area contributed by atoms with E-state index < -0.39 is 0 Å². The zero-order chi connectivity index (χ0) is 14.3. The summed E-state index contributed by atoms with van der Waals surface area (Å²) in [5.41, 5.74) is 10.7. The second kappa shape index (κ2) is 4.58. The maximum Gasteiger partial charge on any atom is 0.282 e. The number of benzene rings is 1. The van der Waals surface area contributed by atoms with Gasteiger partial charge in [0.25, 0.3) is 6.02 Å². The van der Waals surface area contributed by atoms with Gasteiger partial charge in [-0.05, 0) is 41.2 Å². The van der Waals surface area contributed by atoms with Crippen LogP contribution in [0.25, 0.3) is 11.1 Å². The largest absolute Gasteiger partial charge is 0.463 e. The van der Waals surface area contributed by atoms with E-state index >= 15 is 0 Å². The van der Waals surface area contributed by atoms with E-state index in [-0.39, 0.29) is 5.54 Å². The molecule has 0 amide bonds. The molecule has 21 heavy (non-hydrogen) atoms. The van der Waals surface area contributed by atoms with Gasteiger partial charge in [-0.15, -0.1) is 0 Å². The Labute approximate surface area is 123 Å². The van der Waals surface area contributed by atoms with Crippen LogP contribution in [0.3, 0.4) is 0 Å². The SMILES string of the molecule is NC1=NC2(CCc3cc(-c4cccnc4)ccc3C2)CO1. The second-order valence-electron chi connectivity index (χ2n) is 5.87. The Kier molecular flexibility index (Phi) is 2.70. The highest BCUT2D eigenvalue weighted by Gasteiger charge is 2.39. The Hall–Kier alpha value is -2.36. The summed E-state index contributed by atoms with van der Waals surface area (Å²) in [7, 11) is 0. The van der Waals surface area contributed by atoms with Gasteiger partial charge in [0.1, 0.15) is 12.1 Å². The molecular formula is C17H17N3O. The lowest BCUT2D eigenvalue weighted by Gasteiger charge is -2.30. The molecule has 106 valence electrons. The van der Waals surface area contributed by atoms with Gasteiger partial charge in [-0.3, -0.25) is 4.98 Å².